The number of carbonyl (C=O) groups is 15. The van der Waals surface area contributed by atoms with Gasteiger partial charge in [-0.3, -0.25) is 57.5 Å². The maximum atomic E-state index is 14.4. The lowest BCUT2D eigenvalue weighted by Crippen LogP contribution is -2.62. The standard InChI is InChI=1S/C34H56N6O7S.C33H53F3N6O7S.C30H49F3N6O7S/c1-10-14-35-29(43)26(41)22(17-20-12-13-20)36-28(42)25-24-21(34(24,8)9)18-40(25)30(44)27(33(5,6)7)38-31(45)37-23(32(2,3)4)19-39-15-11-16-48(39,46)47;1-10-14-37-27(45)24(43)20(12-13-33(34,35)36)38-26(44)23-22-19(32(22,8)9)17-42(23)28(46)25(31(5,6)7)40-29(47)39-21(30(2,3)4)18-41-15-11-16-50(41,48)49;1-27(2,3)18(15-38-12-9-13-47(38,45)46)36-26(44)37-22(28(4,5)6)25(43)39-14-16-19(29(16,7)8)20(39)24(42)35-17(21(40)23(34)41)10-11-30(31,32)33/h10,20-25,27H,1,11-19H2,2-9H3,(H,35,43)(H,36,42)(H2,37,38,45);10,19-23,25H,1,11-18H2,2-9H3,(H,37,45)(H,38,44)(H2,39,40,47);16-20,22H,9-15H2,1-8H3,(H2,34,41)(H,35,42)(H2,36,37,44)/t21-,22?,23+,24-,25-,27+;19-,20?,21+,22-,23-,25+;16-,17?,18+,19-,20-,22+/m000/s1. The van der Waals surface area contributed by atoms with Crippen LogP contribution in [0.3, 0.4) is 0 Å². The number of primary amides is 1. The van der Waals surface area contributed by atoms with Gasteiger partial charge in [0, 0.05) is 103 Å². The Kier molecular flexibility index (Phi) is 37.5. The van der Waals surface area contributed by atoms with E-state index in [-0.39, 0.29) is 110 Å². The molecule has 0 spiro atoms. The predicted octanol–water partition coefficient (Wildman–Crippen LogP) is 5.64. The van der Waals surface area contributed by atoms with Gasteiger partial charge in [0.1, 0.15) is 36.3 Å². The lowest BCUT2D eigenvalue weighted by molar-refractivity contribution is -0.148. The lowest BCUT2D eigenvalue weighted by atomic mass is 9.85. The van der Waals surface area contributed by atoms with Crippen molar-refractivity contribution in [2.45, 2.75) is 315 Å². The van der Waals surface area contributed by atoms with Crippen LogP contribution in [0.1, 0.15) is 230 Å². The topological polar surface area (TPSA) is 536 Å². The number of hydrogen-bond donors (Lipinski definition) is 12. The number of piperidine rings is 3. The smallest absolute Gasteiger partial charge is 0.363 e. The summed E-state index contributed by atoms with van der Waals surface area (Å²) in [6.45, 7) is 53.1. The molecule has 145 heavy (non-hydrogen) atoms. The first-order valence-electron chi connectivity index (χ1n) is 49.8. The average molecular weight is 2120 g/mol. The number of nitrogens with one attached hydrogen (secondary N) is 11. The summed E-state index contributed by atoms with van der Waals surface area (Å²) >= 11 is 0. The first kappa shape index (κ1) is 121. The molecule has 0 radical (unpaired) electrons. The Labute approximate surface area is 849 Å². The number of fused-ring (bicyclic) bond motifs is 3. The zero-order chi connectivity index (χ0) is 110. The van der Waals surface area contributed by atoms with Crippen LogP contribution in [0.5, 0.6) is 0 Å². The number of halogens is 6. The van der Waals surface area contributed by atoms with E-state index in [9.17, 15) is 124 Å². The molecule has 6 saturated heterocycles. The second kappa shape index (κ2) is 44.9. The summed E-state index contributed by atoms with van der Waals surface area (Å²) in [4.78, 5) is 204. The maximum absolute atomic E-state index is 14.4. The summed E-state index contributed by atoms with van der Waals surface area (Å²) < 4.78 is 158. The van der Waals surface area contributed by atoms with Crippen molar-refractivity contribution in [2.24, 2.45) is 95.9 Å². The van der Waals surface area contributed by atoms with E-state index in [0.717, 1.165) is 12.8 Å². The molecule has 39 nitrogen and oxygen atoms in total. The highest BCUT2D eigenvalue weighted by atomic mass is 32.2. The zero-order valence-electron chi connectivity index (χ0n) is 88.3. The molecule has 48 heteroatoms. The minimum Gasteiger partial charge on any atom is -0.363 e. The third kappa shape index (κ3) is 30.6. The number of likely N-dealkylation sites (tertiary alicyclic amines) is 3. The number of ketones is 3. The molecule has 10 aliphatic rings. The van der Waals surface area contributed by atoms with Crippen molar-refractivity contribution in [3.8, 4) is 0 Å². The van der Waals surface area contributed by atoms with Crippen LogP contribution >= 0.6 is 0 Å². The summed E-state index contributed by atoms with van der Waals surface area (Å²) in [5.74, 6) is -11.4. The van der Waals surface area contributed by atoms with E-state index in [2.05, 4.69) is 85.5 Å². The molecular formula is C97H158F6N18O21S3. The molecule has 0 bridgehead atoms. The number of nitrogens with two attached hydrogens (primary N) is 1. The lowest BCUT2D eigenvalue weighted by Gasteiger charge is -2.39. The second-order valence-corrected chi connectivity index (χ2v) is 55.1. The SMILES string of the molecule is C=CCNC(=O)C(=O)C(CC1CC1)NC(=O)[C@@H]1[C@@H]2[C@H](CN1C(=O)[C@@H](NC(=O)N[C@H](CN1CCCS1(=O)=O)C(C)(C)C)C(C)(C)C)C2(C)C.C=CCNC(=O)C(=O)C(CCC(F)(F)F)NC(=O)[C@@H]1[C@@H]2[C@H](CN1C(=O)[C@@H](NC(=O)N[C@H](CN1CCCS1(=O)=O)C(C)(C)C)C(C)(C)C)C2(C)C.CC(C)(C)[C@H](NC(=O)N[C@H](CN1CCCS1(=O)=O)C(C)(C)C)C(=O)N1C[C@H]2[C@@H]([C@H]1C(=O)NC(CCC(F)(F)F)C(=O)C(N)=O)C2(C)C. The van der Waals surface area contributed by atoms with Crippen LogP contribution in [0.4, 0.5) is 40.7 Å². The molecule has 0 aromatic heterocycles. The Balaban J connectivity index is 0.000000266. The number of hydrogen-bond acceptors (Lipinski definition) is 21. The molecule has 10 fully saturated rings. The summed E-state index contributed by atoms with van der Waals surface area (Å²) in [5.41, 5.74) is -0.0836. The van der Waals surface area contributed by atoms with E-state index in [1.165, 1.54) is 39.8 Å². The van der Waals surface area contributed by atoms with Gasteiger partial charge in [0.25, 0.3) is 17.7 Å². The Hall–Kier alpha value is -9.16. The first-order chi connectivity index (χ1) is 66.0. The summed E-state index contributed by atoms with van der Waals surface area (Å²) in [6, 6.07) is -15.1. The van der Waals surface area contributed by atoms with Crippen LogP contribution in [0.25, 0.3) is 0 Å². The van der Waals surface area contributed by atoms with Crippen LogP contribution in [-0.2, 0) is 87.6 Å². The van der Waals surface area contributed by atoms with Crippen LogP contribution in [0.2, 0.25) is 0 Å². The molecule has 4 aliphatic carbocycles. The van der Waals surface area contributed by atoms with E-state index in [4.69, 9.17) is 5.73 Å². The Morgan fingerprint density at radius 1 is 0.379 bits per heavy atom. The van der Waals surface area contributed by atoms with E-state index in [1.54, 1.807) is 41.5 Å². The number of rotatable bonds is 37. The van der Waals surface area contributed by atoms with Gasteiger partial charge in [0.2, 0.25) is 82.9 Å². The molecule has 18 atom stereocenters. The highest BCUT2D eigenvalue weighted by Crippen LogP contribution is 2.67. The number of alkyl halides is 6. The van der Waals surface area contributed by atoms with Crippen molar-refractivity contribution < 1.29 is 124 Å². The van der Waals surface area contributed by atoms with Gasteiger partial charge in [0.15, 0.2) is 0 Å². The minimum atomic E-state index is -4.67. The average Bonchev–Trinajstić information content (AvgIpc) is 1.53. The molecular weight excluding hydrogens is 1960 g/mol. The molecule has 822 valence electrons. The van der Waals surface area contributed by atoms with Gasteiger partial charge < -0.3 is 78.9 Å². The van der Waals surface area contributed by atoms with E-state index in [1.807, 2.05) is 111 Å². The van der Waals surface area contributed by atoms with Gasteiger partial charge in [-0.05, 0) is 129 Å². The fraction of sp³-hybridized carbons (Fsp3) is 0.804. The van der Waals surface area contributed by atoms with Crippen LogP contribution in [0, 0.1) is 90.2 Å². The number of sulfonamides is 3. The molecule has 0 aromatic carbocycles. The van der Waals surface area contributed by atoms with Crippen molar-refractivity contribution in [1.82, 2.24) is 86.1 Å². The van der Waals surface area contributed by atoms with Crippen LogP contribution in [-0.4, -0.2) is 316 Å². The van der Waals surface area contributed by atoms with Crippen molar-refractivity contribution in [1.29, 1.82) is 0 Å². The largest absolute Gasteiger partial charge is 0.389 e. The summed E-state index contributed by atoms with van der Waals surface area (Å²) in [7, 11) is -10.3. The second-order valence-electron chi connectivity index (χ2n) is 48.9. The maximum Gasteiger partial charge on any atom is 0.389 e. The summed E-state index contributed by atoms with van der Waals surface area (Å²) in [5, 5.41) is 29.1. The van der Waals surface area contributed by atoms with Crippen LogP contribution in [0.15, 0.2) is 25.3 Å². The molecule has 13 N–H and O–H groups in total. The Morgan fingerprint density at radius 2 is 0.634 bits per heavy atom. The number of carbonyl (C=O) groups excluding carboxylic acids is 15. The summed E-state index contributed by atoms with van der Waals surface area (Å²) in [6.07, 6.45) is -7.56. The Morgan fingerprint density at radius 3 is 0.855 bits per heavy atom. The number of Topliss-reactive ketones (excluding diaryl/α,β-unsaturated/α-hetero) is 3. The van der Waals surface area contributed by atoms with Crippen molar-refractivity contribution in [3.63, 3.8) is 0 Å². The third-order valence-corrected chi connectivity index (χ3v) is 36.1. The monoisotopic (exact) mass is 2120 g/mol. The molecule has 6 aliphatic heterocycles. The molecule has 6 heterocycles. The van der Waals surface area contributed by atoms with E-state index < -0.39 is 273 Å². The van der Waals surface area contributed by atoms with Gasteiger partial charge in [-0.25, -0.2) is 39.6 Å². The molecule has 15 amide bonds. The number of urea groups is 3. The molecule has 3 unspecified atom stereocenters. The van der Waals surface area contributed by atoms with E-state index >= 15 is 0 Å². The number of nitrogens with zero attached hydrogens (tertiary/aromatic N) is 6. The number of amides is 15. The van der Waals surface area contributed by atoms with Crippen LogP contribution < -0.4 is 64.2 Å². The highest BCUT2D eigenvalue weighted by molar-refractivity contribution is 7.89. The molecule has 4 saturated carbocycles. The quantitative estimate of drug-likeness (QED) is 0.0203. The Bertz CT molecular complexity index is 5250. The first-order valence-corrected chi connectivity index (χ1v) is 54.6. The fourth-order valence-electron chi connectivity index (χ4n) is 20.6. The van der Waals surface area contributed by atoms with Gasteiger partial charge in [-0.1, -0.05) is 191 Å². The third-order valence-electron chi connectivity index (χ3n) is 30.4. The molecule has 0 aromatic rings. The predicted molar refractivity (Wildman–Crippen MR) is 528 cm³/mol. The van der Waals surface area contributed by atoms with Crippen molar-refractivity contribution in [2.75, 3.05) is 89.3 Å². The van der Waals surface area contributed by atoms with Gasteiger partial charge in [-0.2, -0.15) is 39.3 Å². The zero-order valence-corrected chi connectivity index (χ0v) is 90.8. The molecule has 10 rings (SSSR count). The van der Waals surface area contributed by atoms with Gasteiger partial charge >= 0.3 is 30.4 Å². The van der Waals surface area contributed by atoms with Gasteiger partial charge in [-0.15, -0.1) is 13.2 Å². The van der Waals surface area contributed by atoms with Crippen molar-refractivity contribution in [3.05, 3.63) is 25.3 Å². The van der Waals surface area contributed by atoms with Crippen molar-refractivity contribution >= 4 is 119 Å². The normalized spacial score (nSPS) is 25.6. The highest BCUT2D eigenvalue weighted by Gasteiger charge is 2.73. The minimum absolute atomic E-state index is 0.0276. The van der Waals surface area contributed by atoms with E-state index in [0.29, 0.717) is 51.9 Å². The van der Waals surface area contributed by atoms with Gasteiger partial charge in [0.05, 0.1) is 35.4 Å². The fourth-order valence-corrected chi connectivity index (χ4v) is 25.2.